The summed E-state index contributed by atoms with van der Waals surface area (Å²) in [5.74, 6) is 0.635. The van der Waals surface area contributed by atoms with Crippen molar-refractivity contribution in [2.24, 2.45) is 0 Å². The molecule has 3 rings (SSSR count). The third-order valence-corrected chi connectivity index (χ3v) is 4.36. The second-order valence-electron chi connectivity index (χ2n) is 5.08. The first-order chi connectivity index (χ1) is 11.8. The van der Waals surface area contributed by atoms with Gasteiger partial charge in [-0.05, 0) is 36.4 Å². The minimum absolute atomic E-state index is 0.0980. The second-order valence-corrected chi connectivity index (χ2v) is 6.02. The number of nitrogens with zero attached hydrogens (tertiary/aromatic N) is 2. The Balaban J connectivity index is 1.53. The lowest BCUT2D eigenvalue weighted by Crippen LogP contribution is -2.25. The molecule has 1 aromatic carbocycles. The number of amides is 1. The number of carbonyl (C=O) groups is 1. The molecule has 0 fully saturated rings. The van der Waals surface area contributed by atoms with Crippen molar-refractivity contribution < 1.29 is 9.53 Å². The van der Waals surface area contributed by atoms with E-state index in [1.807, 2.05) is 23.6 Å². The van der Waals surface area contributed by atoms with Gasteiger partial charge in [0.2, 0.25) is 0 Å². The normalized spacial score (nSPS) is 10.4. The maximum absolute atomic E-state index is 12.1. The van der Waals surface area contributed by atoms with Gasteiger partial charge in [-0.1, -0.05) is 6.07 Å². The van der Waals surface area contributed by atoms with Gasteiger partial charge in [0.25, 0.3) is 5.91 Å². The van der Waals surface area contributed by atoms with Crippen molar-refractivity contribution in [2.45, 2.75) is 6.42 Å². The maximum Gasteiger partial charge on any atom is 0.251 e. The highest BCUT2D eigenvalue weighted by molar-refractivity contribution is 7.09. The molecule has 0 saturated heterocycles. The fourth-order valence-electron chi connectivity index (χ4n) is 2.19. The average molecular weight is 339 g/mol. The molecule has 0 bridgehead atoms. The first kappa shape index (κ1) is 16.1. The molecule has 1 N–H and O–H groups in total. The molecule has 0 unspecified atom stereocenters. The fourth-order valence-corrected chi connectivity index (χ4v) is 2.98. The number of thiazole rings is 1. The highest BCUT2D eigenvalue weighted by Gasteiger charge is 2.08. The Morgan fingerprint density at radius 3 is 2.71 bits per heavy atom. The summed E-state index contributed by atoms with van der Waals surface area (Å²) in [6, 6.07) is 12.8. The van der Waals surface area contributed by atoms with Crippen molar-refractivity contribution in [1.29, 1.82) is 0 Å². The molecule has 2 heterocycles. The van der Waals surface area contributed by atoms with Crippen molar-refractivity contribution in [2.75, 3.05) is 13.7 Å². The fraction of sp³-hybridized carbons (Fsp3) is 0.167. The van der Waals surface area contributed by atoms with Crippen LogP contribution in [0.5, 0.6) is 5.75 Å². The van der Waals surface area contributed by atoms with Gasteiger partial charge in [-0.3, -0.25) is 9.78 Å². The molecule has 0 radical (unpaired) electrons. The summed E-state index contributed by atoms with van der Waals surface area (Å²) in [6.07, 6.45) is 2.45. The topological polar surface area (TPSA) is 64.1 Å². The average Bonchev–Trinajstić information content (AvgIpc) is 3.11. The number of rotatable bonds is 6. The van der Waals surface area contributed by atoms with Crippen LogP contribution < -0.4 is 10.1 Å². The Hall–Kier alpha value is -2.73. The molecule has 0 saturated carbocycles. The first-order valence-corrected chi connectivity index (χ1v) is 8.42. The monoisotopic (exact) mass is 339 g/mol. The molecule has 6 heteroatoms. The molecule has 2 aromatic heterocycles. The minimum atomic E-state index is -0.0980. The number of carbonyl (C=O) groups excluding carboxylic acids is 1. The van der Waals surface area contributed by atoms with E-state index in [0.717, 1.165) is 22.1 Å². The van der Waals surface area contributed by atoms with Gasteiger partial charge in [0.15, 0.2) is 0 Å². The summed E-state index contributed by atoms with van der Waals surface area (Å²) in [5, 5.41) is 5.87. The minimum Gasteiger partial charge on any atom is -0.497 e. The molecule has 0 aliphatic carbocycles. The predicted octanol–water partition coefficient (Wildman–Crippen LogP) is 3.19. The summed E-state index contributed by atoms with van der Waals surface area (Å²) < 4.78 is 5.08. The molecule has 0 aliphatic heterocycles. The van der Waals surface area contributed by atoms with Crippen LogP contribution in [-0.4, -0.2) is 29.5 Å². The van der Waals surface area contributed by atoms with Crippen LogP contribution in [0.4, 0.5) is 0 Å². The lowest BCUT2D eigenvalue weighted by Gasteiger charge is -2.05. The van der Waals surface area contributed by atoms with Gasteiger partial charge in [-0.25, -0.2) is 4.98 Å². The van der Waals surface area contributed by atoms with Gasteiger partial charge in [-0.2, -0.15) is 0 Å². The molecule has 3 aromatic rings. The van der Waals surface area contributed by atoms with Crippen molar-refractivity contribution in [3.63, 3.8) is 0 Å². The SMILES string of the molecule is COc1ccc(C(=O)NCCc2nc(-c3ccccn3)cs2)cc1. The summed E-state index contributed by atoms with van der Waals surface area (Å²) in [7, 11) is 1.60. The number of benzene rings is 1. The van der Waals surface area contributed by atoms with Crippen molar-refractivity contribution in [1.82, 2.24) is 15.3 Å². The van der Waals surface area contributed by atoms with E-state index >= 15 is 0 Å². The van der Waals surface area contributed by atoms with E-state index < -0.39 is 0 Å². The van der Waals surface area contributed by atoms with Crippen LogP contribution in [-0.2, 0) is 6.42 Å². The number of ether oxygens (including phenoxy) is 1. The number of hydrogen-bond donors (Lipinski definition) is 1. The standard InChI is InChI=1S/C18H17N3O2S/c1-23-14-7-5-13(6-8-14)18(22)20-11-9-17-21-16(12-24-17)15-4-2-3-10-19-15/h2-8,10,12H,9,11H2,1H3,(H,20,22). The van der Waals surface area contributed by atoms with Crippen LogP contribution in [0, 0.1) is 0 Å². The molecule has 0 aliphatic rings. The maximum atomic E-state index is 12.1. The van der Waals surface area contributed by atoms with Gasteiger partial charge >= 0.3 is 0 Å². The van der Waals surface area contributed by atoms with E-state index in [1.54, 1.807) is 48.9 Å². The predicted molar refractivity (Wildman–Crippen MR) is 94.4 cm³/mol. The summed E-state index contributed by atoms with van der Waals surface area (Å²) in [4.78, 5) is 20.9. The van der Waals surface area contributed by atoms with E-state index in [-0.39, 0.29) is 5.91 Å². The Morgan fingerprint density at radius 1 is 1.17 bits per heavy atom. The number of aromatic nitrogens is 2. The van der Waals surface area contributed by atoms with Crippen LogP contribution in [0.25, 0.3) is 11.4 Å². The van der Waals surface area contributed by atoms with Gasteiger partial charge in [0, 0.05) is 30.1 Å². The molecule has 24 heavy (non-hydrogen) atoms. The molecular formula is C18H17N3O2S. The second kappa shape index (κ2) is 7.70. The van der Waals surface area contributed by atoms with E-state index in [0.29, 0.717) is 18.5 Å². The summed E-state index contributed by atoms with van der Waals surface area (Å²) >= 11 is 1.58. The molecule has 122 valence electrons. The van der Waals surface area contributed by atoms with Crippen molar-refractivity contribution in [3.05, 3.63) is 64.6 Å². The van der Waals surface area contributed by atoms with E-state index in [9.17, 15) is 4.79 Å². The molecule has 1 amide bonds. The Bertz CT molecular complexity index is 801. The quantitative estimate of drug-likeness (QED) is 0.749. The Labute approximate surface area is 144 Å². The highest BCUT2D eigenvalue weighted by atomic mass is 32.1. The smallest absolute Gasteiger partial charge is 0.251 e. The lowest BCUT2D eigenvalue weighted by molar-refractivity contribution is 0.0954. The highest BCUT2D eigenvalue weighted by Crippen LogP contribution is 2.19. The largest absolute Gasteiger partial charge is 0.497 e. The summed E-state index contributed by atoms with van der Waals surface area (Å²) in [5.41, 5.74) is 2.35. The zero-order valence-electron chi connectivity index (χ0n) is 13.2. The van der Waals surface area contributed by atoms with Crippen LogP contribution in [0.3, 0.4) is 0 Å². The van der Waals surface area contributed by atoms with Gasteiger partial charge in [0.05, 0.1) is 23.5 Å². The molecule has 0 spiro atoms. The summed E-state index contributed by atoms with van der Waals surface area (Å²) in [6.45, 7) is 0.542. The zero-order valence-corrected chi connectivity index (χ0v) is 14.0. The van der Waals surface area contributed by atoms with E-state index in [4.69, 9.17) is 4.74 Å². The molecular weight excluding hydrogens is 322 g/mol. The van der Waals surface area contributed by atoms with Crippen molar-refractivity contribution >= 4 is 17.2 Å². The molecule has 5 nitrogen and oxygen atoms in total. The van der Waals surface area contributed by atoms with Crippen LogP contribution in [0.1, 0.15) is 15.4 Å². The Morgan fingerprint density at radius 2 is 2.00 bits per heavy atom. The number of methoxy groups -OCH3 is 1. The third-order valence-electron chi connectivity index (χ3n) is 3.46. The van der Waals surface area contributed by atoms with Gasteiger partial charge in [-0.15, -0.1) is 11.3 Å². The number of nitrogens with one attached hydrogen (secondary N) is 1. The third kappa shape index (κ3) is 3.97. The zero-order chi connectivity index (χ0) is 16.8. The van der Waals surface area contributed by atoms with Crippen LogP contribution >= 0.6 is 11.3 Å². The molecule has 0 atom stereocenters. The van der Waals surface area contributed by atoms with Crippen LogP contribution in [0.15, 0.2) is 54.0 Å². The number of pyridine rings is 1. The van der Waals surface area contributed by atoms with Gasteiger partial charge in [0.1, 0.15) is 5.75 Å². The van der Waals surface area contributed by atoms with E-state index in [1.165, 1.54) is 0 Å². The van der Waals surface area contributed by atoms with Crippen LogP contribution in [0.2, 0.25) is 0 Å². The number of hydrogen-bond acceptors (Lipinski definition) is 5. The Kier molecular flexibility index (Phi) is 5.18. The first-order valence-electron chi connectivity index (χ1n) is 7.54. The van der Waals surface area contributed by atoms with E-state index in [2.05, 4.69) is 15.3 Å². The van der Waals surface area contributed by atoms with Gasteiger partial charge < -0.3 is 10.1 Å². The lowest BCUT2D eigenvalue weighted by atomic mass is 10.2. The van der Waals surface area contributed by atoms with Crippen molar-refractivity contribution in [3.8, 4) is 17.1 Å².